The van der Waals surface area contributed by atoms with E-state index in [0.29, 0.717) is 22.4 Å². The predicted molar refractivity (Wildman–Crippen MR) is 67.5 cm³/mol. The lowest BCUT2D eigenvalue weighted by molar-refractivity contribution is 0.478. The van der Waals surface area contributed by atoms with E-state index in [1.807, 2.05) is 0 Å². The molecule has 0 fully saturated rings. The van der Waals surface area contributed by atoms with E-state index < -0.39 is 0 Å². The first-order valence-electron chi connectivity index (χ1n) is 4.27. The zero-order valence-corrected chi connectivity index (χ0v) is 9.53. The zero-order valence-electron chi connectivity index (χ0n) is 7.96. The number of hydrogen-bond donors (Lipinski definition) is 3. The summed E-state index contributed by atoms with van der Waals surface area (Å²) in [6.07, 6.45) is 1.69. The Hall–Kier alpha value is -1.26. The van der Waals surface area contributed by atoms with E-state index in [9.17, 15) is 5.11 Å². The number of anilines is 1. The van der Waals surface area contributed by atoms with Gasteiger partial charge >= 0.3 is 0 Å². The number of halogens is 1. The third-order valence-electron chi connectivity index (χ3n) is 1.61. The molecule has 0 atom stereocenters. The maximum absolute atomic E-state index is 9.48. The van der Waals surface area contributed by atoms with Gasteiger partial charge < -0.3 is 15.7 Å². The van der Waals surface area contributed by atoms with Gasteiger partial charge in [0, 0.05) is 11.6 Å². The standard InChI is InChI=1S/C10H11ClN2OS/c1-2-5-12-10(15)13-8-6-7(11)3-4-9(8)14/h2-4,6,14H,1,5H2,(H2,12,13,15). The van der Waals surface area contributed by atoms with E-state index in [1.54, 1.807) is 18.2 Å². The monoisotopic (exact) mass is 242 g/mol. The van der Waals surface area contributed by atoms with Gasteiger partial charge in [-0.05, 0) is 30.4 Å². The second kappa shape index (κ2) is 5.58. The van der Waals surface area contributed by atoms with Gasteiger partial charge in [0.2, 0.25) is 0 Å². The molecule has 1 aromatic rings. The minimum absolute atomic E-state index is 0.0992. The van der Waals surface area contributed by atoms with Crippen LogP contribution in [0, 0.1) is 0 Å². The Labute approximate surface area is 98.8 Å². The molecule has 0 radical (unpaired) electrons. The van der Waals surface area contributed by atoms with E-state index in [-0.39, 0.29) is 5.75 Å². The van der Waals surface area contributed by atoms with Crippen molar-refractivity contribution in [2.45, 2.75) is 0 Å². The van der Waals surface area contributed by atoms with Gasteiger partial charge in [-0.25, -0.2) is 0 Å². The molecule has 5 heteroatoms. The maximum Gasteiger partial charge on any atom is 0.171 e. The van der Waals surface area contributed by atoms with Crippen LogP contribution < -0.4 is 10.6 Å². The summed E-state index contributed by atoms with van der Waals surface area (Å²) >= 11 is 10.8. The van der Waals surface area contributed by atoms with E-state index >= 15 is 0 Å². The molecule has 1 aromatic carbocycles. The third-order valence-corrected chi connectivity index (χ3v) is 2.10. The van der Waals surface area contributed by atoms with Crippen LogP contribution >= 0.6 is 23.8 Å². The SMILES string of the molecule is C=CCNC(=S)Nc1cc(Cl)ccc1O. The molecule has 0 saturated heterocycles. The van der Waals surface area contributed by atoms with E-state index in [0.717, 1.165) is 0 Å². The predicted octanol–water partition coefficient (Wildman–Crippen LogP) is 2.52. The van der Waals surface area contributed by atoms with Crippen molar-refractivity contribution in [1.82, 2.24) is 5.32 Å². The van der Waals surface area contributed by atoms with Crippen molar-refractivity contribution in [3.05, 3.63) is 35.9 Å². The Balaban J connectivity index is 2.67. The molecule has 80 valence electrons. The van der Waals surface area contributed by atoms with Crippen LogP contribution in [-0.4, -0.2) is 16.8 Å². The Kier molecular flexibility index (Phi) is 4.39. The summed E-state index contributed by atoms with van der Waals surface area (Å²) in [6.45, 7) is 4.11. The van der Waals surface area contributed by atoms with Crippen molar-refractivity contribution in [2.75, 3.05) is 11.9 Å². The first-order valence-corrected chi connectivity index (χ1v) is 5.06. The average molecular weight is 243 g/mol. The van der Waals surface area contributed by atoms with Crippen molar-refractivity contribution in [1.29, 1.82) is 0 Å². The van der Waals surface area contributed by atoms with Gasteiger partial charge in [-0.1, -0.05) is 17.7 Å². The summed E-state index contributed by atoms with van der Waals surface area (Å²) in [5.41, 5.74) is 0.476. The van der Waals surface area contributed by atoms with Gasteiger partial charge in [-0.15, -0.1) is 6.58 Å². The number of benzene rings is 1. The van der Waals surface area contributed by atoms with Crippen LogP contribution in [0.5, 0.6) is 5.75 Å². The highest BCUT2D eigenvalue weighted by molar-refractivity contribution is 7.80. The summed E-state index contributed by atoms with van der Waals surface area (Å²) < 4.78 is 0. The summed E-state index contributed by atoms with van der Waals surface area (Å²) in [7, 11) is 0. The molecule has 0 heterocycles. The second-order valence-corrected chi connectivity index (χ2v) is 3.63. The molecule has 0 bridgehead atoms. The maximum atomic E-state index is 9.48. The molecule has 3 nitrogen and oxygen atoms in total. The number of thiocarbonyl (C=S) groups is 1. The summed E-state index contributed by atoms with van der Waals surface area (Å²) in [4.78, 5) is 0. The van der Waals surface area contributed by atoms with Gasteiger partial charge in [0.05, 0.1) is 5.69 Å². The number of phenols is 1. The summed E-state index contributed by atoms with van der Waals surface area (Å²) in [6, 6.07) is 4.70. The van der Waals surface area contributed by atoms with Crippen LogP contribution in [0.25, 0.3) is 0 Å². The van der Waals surface area contributed by atoms with Crippen LogP contribution in [0.3, 0.4) is 0 Å². The lowest BCUT2D eigenvalue weighted by atomic mass is 10.3. The minimum atomic E-state index is 0.0992. The van der Waals surface area contributed by atoms with E-state index in [2.05, 4.69) is 17.2 Å². The fourth-order valence-electron chi connectivity index (χ4n) is 0.940. The molecule has 0 aliphatic carbocycles. The highest BCUT2D eigenvalue weighted by Gasteiger charge is 2.03. The third kappa shape index (κ3) is 3.77. The topological polar surface area (TPSA) is 44.3 Å². The minimum Gasteiger partial charge on any atom is -0.506 e. The number of aromatic hydroxyl groups is 1. The Morgan fingerprint density at radius 3 is 3.00 bits per heavy atom. The normalized spacial score (nSPS) is 9.40. The Morgan fingerprint density at radius 1 is 1.60 bits per heavy atom. The number of nitrogens with one attached hydrogen (secondary N) is 2. The van der Waals surface area contributed by atoms with Crippen LogP contribution in [0.15, 0.2) is 30.9 Å². The van der Waals surface area contributed by atoms with Gasteiger partial charge in [-0.3, -0.25) is 0 Å². The molecule has 3 N–H and O–H groups in total. The summed E-state index contributed by atoms with van der Waals surface area (Å²) in [5.74, 6) is 0.0992. The molecule has 0 saturated carbocycles. The van der Waals surface area contributed by atoms with Crippen LogP contribution in [0.2, 0.25) is 5.02 Å². The van der Waals surface area contributed by atoms with Gasteiger partial charge in [0.1, 0.15) is 5.75 Å². The fourth-order valence-corrected chi connectivity index (χ4v) is 1.31. The van der Waals surface area contributed by atoms with Crippen molar-refractivity contribution in [2.24, 2.45) is 0 Å². The van der Waals surface area contributed by atoms with Crippen LogP contribution in [-0.2, 0) is 0 Å². The first-order chi connectivity index (χ1) is 7.13. The van der Waals surface area contributed by atoms with E-state index in [1.165, 1.54) is 6.07 Å². The summed E-state index contributed by atoms with van der Waals surface area (Å²) in [5, 5.41) is 16.1. The number of phenolic OH excluding ortho intramolecular Hbond substituents is 1. The molecule has 15 heavy (non-hydrogen) atoms. The molecule has 0 aromatic heterocycles. The smallest absolute Gasteiger partial charge is 0.171 e. The van der Waals surface area contributed by atoms with E-state index in [4.69, 9.17) is 23.8 Å². The molecular formula is C10H11ClN2OS. The largest absolute Gasteiger partial charge is 0.506 e. The quantitative estimate of drug-likeness (QED) is 0.433. The molecule has 0 aliphatic rings. The fraction of sp³-hybridized carbons (Fsp3) is 0.100. The van der Waals surface area contributed by atoms with Gasteiger partial charge in [-0.2, -0.15) is 0 Å². The van der Waals surface area contributed by atoms with Crippen molar-refractivity contribution in [3.63, 3.8) is 0 Å². The van der Waals surface area contributed by atoms with Crippen molar-refractivity contribution >= 4 is 34.6 Å². The highest BCUT2D eigenvalue weighted by atomic mass is 35.5. The van der Waals surface area contributed by atoms with Crippen molar-refractivity contribution in [3.8, 4) is 5.75 Å². The average Bonchev–Trinajstić information content (AvgIpc) is 2.20. The second-order valence-electron chi connectivity index (χ2n) is 2.79. The van der Waals surface area contributed by atoms with Gasteiger partial charge in [0.15, 0.2) is 5.11 Å². The van der Waals surface area contributed by atoms with Crippen LogP contribution in [0.1, 0.15) is 0 Å². The Morgan fingerprint density at radius 2 is 2.33 bits per heavy atom. The molecule has 1 rings (SSSR count). The molecular weight excluding hydrogens is 232 g/mol. The van der Waals surface area contributed by atoms with Crippen LogP contribution in [0.4, 0.5) is 5.69 Å². The lowest BCUT2D eigenvalue weighted by Crippen LogP contribution is -2.28. The highest BCUT2D eigenvalue weighted by Crippen LogP contribution is 2.26. The Bertz CT molecular complexity index is 382. The molecule has 0 unspecified atom stereocenters. The zero-order chi connectivity index (χ0) is 11.3. The lowest BCUT2D eigenvalue weighted by Gasteiger charge is -2.10. The number of rotatable bonds is 3. The molecule has 0 aliphatic heterocycles. The molecule has 0 amide bonds. The first kappa shape index (κ1) is 11.8. The van der Waals surface area contributed by atoms with Crippen molar-refractivity contribution < 1.29 is 5.11 Å². The van der Waals surface area contributed by atoms with Gasteiger partial charge in [0.25, 0.3) is 0 Å². The number of hydrogen-bond acceptors (Lipinski definition) is 2. The molecule has 0 spiro atoms.